The Kier molecular flexibility index (Phi) is 1.09. The van der Waals surface area contributed by atoms with Crippen molar-refractivity contribution >= 4 is 0 Å². The molecule has 0 unspecified atom stereocenters. The first kappa shape index (κ1) is 5.94. The number of nitrogens with zero attached hydrogens (tertiary/aromatic N) is 2. The van der Waals surface area contributed by atoms with Gasteiger partial charge in [0.05, 0.1) is 0 Å². The van der Waals surface area contributed by atoms with Crippen LogP contribution in [0, 0.1) is 13.8 Å². The van der Waals surface area contributed by atoms with Gasteiger partial charge in [-0.05, 0) is 13.8 Å². The van der Waals surface area contributed by atoms with Crippen LogP contribution >= 0.6 is 0 Å². The van der Waals surface area contributed by atoms with E-state index in [1.165, 1.54) is 0 Å². The lowest BCUT2D eigenvalue weighted by atomic mass is 10.4. The summed E-state index contributed by atoms with van der Waals surface area (Å²) in [6.07, 6.45) is 0. The van der Waals surface area contributed by atoms with Crippen molar-refractivity contribution in [3.8, 4) is 5.75 Å². The van der Waals surface area contributed by atoms with Crippen molar-refractivity contribution in [1.29, 1.82) is 0 Å². The van der Waals surface area contributed by atoms with Gasteiger partial charge in [0, 0.05) is 0 Å². The predicted molar refractivity (Wildman–Crippen MR) is 30.6 cm³/mol. The Bertz CT molecular complexity index is 207. The molecule has 1 rings (SSSR count). The van der Waals surface area contributed by atoms with Crippen molar-refractivity contribution in [2.75, 3.05) is 0 Å². The molecule has 0 spiro atoms. The third-order valence-electron chi connectivity index (χ3n) is 1.23. The number of rotatable bonds is 0. The molecule has 0 atom stereocenters. The molecular weight excluding hydrogens is 120 g/mol. The van der Waals surface area contributed by atoms with Gasteiger partial charge in [-0.2, -0.15) is 0 Å². The predicted octanol–water partition coefficient (Wildman–Crippen LogP) is 0.443. The van der Waals surface area contributed by atoms with Crippen LogP contribution in [0.25, 0.3) is 0 Å². The van der Waals surface area contributed by atoms with E-state index in [-0.39, 0.29) is 5.75 Å². The molecule has 0 fully saturated rings. The van der Waals surface area contributed by atoms with E-state index >= 15 is 0 Å². The minimum Gasteiger partial charge on any atom is -0.504 e. The monoisotopic (exact) mass is 128 g/mol. The molecule has 1 aromatic heterocycles. The standard InChI is InChI=1S/C5H8N2O2/c1-3-5(8)4(2)7(9)6-3/h8-9H,1-2H3. The van der Waals surface area contributed by atoms with E-state index in [4.69, 9.17) is 10.3 Å². The van der Waals surface area contributed by atoms with Crippen LogP contribution in [0.3, 0.4) is 0 Å². The van der Waals surface area contributed by atoms with E-state index in [1.807, 2.05) is 0 Å². The maximum absolute atomic E-state index is 8.98. The van der Waals surface area contributed by atoms with Crippen molar-refractivity contribution in [3.63, 3.8) is 0 Å². The molecule has 4 heteroatoms. The highest BCUT2D eigenvalue weighted by atomic mass is 16.5. The highest BCUT2D eigenvalue weighted by Gasteiger charge is 2.07. The molecule has 1 heterocycles. The lowest BCUT2D eigenvalue weighted by Crippen LogP contribution is -1.93. The Morgan fingerprint density at radius 2 is 2.00 bits per heavy atom. The second-order valence-electron chi connectivity index (χ2n) is 1.91. The molecule has 0 radical (unpaired) electrons. The van der Waals surface area contributed by atoms with Crippen molar-refractivity contribution < 1.29 is 10.3 Å². The lowest BCUT2D eigenvalue weighted by molar-refractivity contribution is 0.141. The highest BCUT2D eigenvalue weighted by Crippen LogP contribution is 2.17. The van der Waals surface area contributed by atoms with E-state index in [1.54, 1.807) is 13.8 Å². The quantitative estimate of drug-likeness (QED) is 0.498. The summed E-state index contributed by atoms with van der Waals surface area (Å²) in [6, 6.07) is 0. The fraction of sp³-hybridized carbons (Fsp3) is 0.400. The van der Waals surface area contributed by atoms with Gasteiger partial charge in [0.2, 0.25) is 0 Å². The maximum atomic E-state index is 8.98. The SMILES string of the molecule is Cc1nn(O)c(C)c1O. The maximum Gasteiger partial charge on any atom is 0.163 e. The van der Waals surface area contributed by atoms with Crippen LogP contribution in [0.2, 0.25) is 0 Å². The number of aromatic nitrogens is 2. The van der Waals surface area contributed by atoms with Crippen LogP contribution in [0.5, 0.6) is 5.75 Å². The van der Waals surface area contributed by atoms with Crippen LogP contribution < -0.4 is 0 Å². The van der Waals surface area contributed by atoms with Crippen LogP contribution in [0.1, 0.15) is 11.4 Å². The molecule has 0 aliphatic heterocycles. The fourth-order valence-corrected chi connectivity index (χ4v) is 0.621. The number of aromatic hydroxyl groups is 1. The summed E-state index contributed by atoms with van der Waals surface area (Å²) in [4.78, 5) is 0.657. The van der Waals surface area contributed by atoms with Gasteiger partial charge in [-0.25, -0.2) is 0 Å². The zero-order valence-electron chi connectivity index (χ0n) is 5.29. The molecule has 0 aromatic carbocycles. The first-order chi connectivity index (χ1) is 4.13. The Balaban J connectivity index is 3.29. The minimum atomic E-state index is 0.0532. The second kappa shape index (κ2) is 1.65. The average molecular weight is 128 g/mol. The molecule has 4 nitrogen and oxygen atoms in total. The van der Waals surface area contributed by atoms with Crippen molar-refractivity contribution in [2.45, 2.75) is 13.8 Å². The Hall–Kier alpha value is -1.19. The molecular formula is C5H8N2O2. The smallest absolute Gasteiger partial charge is 0.163 e. The van der Waals surface area contributed by atoms with E-state index in [2.05, 4.69) is 5.10 Å². The summed E-state index contributed by atoms with van der Waals surface area (Å²) in [5, 5.41) is 21.3. The molecule has 9 heavy (non-hydrogen) atoms. The summed E-state index contributed by atoms with van der Waals surface area (Å²) >= 11 is 0. The van der Waals surface area contributed by atoms with E-state index in [0.717, 1.165) is 0 Å². The Morgan fingerprint density at radius 3 is 2.11 bits per heavy atom. The molecule has 0 bridgehead atoms. The van der Waals surface area contributed by atoms with Gasteiger partial charge in [-0.15, -0.1) is 9.94 Å². The zero-order chi connectivity index (χ0) is 7.02. The molecule has 0 saturated carbocycles. The first-order valence-electron chi connectivity index (χ1n) is 2.57. The van der Waals surface area contributed by atoms with Gasteiger partial charge in [0.15, 0.2) is 5.75 Å². The van der Waals surface area contributed by atoms with Gasteiger partial charge in [0.1, 0.15) is 11.4 Å². The Labute approximate surface area is 52.3 Å². The molecule has 50 valence electrons. The molecule has 0 amide bonds. The van der Waals surface area contributed by atoms with Crippen molar-refractivity contribution in [3.05, 3.63) is 11.4 Å². The van der Waals surface area contributed by atoms with Crippen molar-refractivity contribution in [2.24, 2.45) is 0 Å². The summed E-state index contributed by atoms with van der Waals surface area (Å²) < 4.78 is 0. The summed E-state index contributed by atoms with van der Waals surface area (Å²) in [5.41, 5.74) is 0.808. The van der Waals surface area contributed by atoms with Gasteiger partial charge in [-0.1, -0.05) is 0 Å². The fourth-order valence-electron chi connectivity index (χ4n) is 0.621. The minimum absolute atomic E-state index is 0.0532. The molecule has 0 aliphatic carbocycles. The average Bonchev–Trinajstić information content (AvgIpc) is 1.98. The van der Waals surface area contributed by atoms with E-state index in [9.17, 15) is 0 Å². The topological polar surface area (TPSA) is 58.3 Å². The van der Waals surface area contributed by atoms with Crippen LogP contribution in [-0.4, -0.2) is 20.3 Å². The Morgan fingerprint density at radius 1 is 1.44 bits per heavy atom. The van der Waals surface area contributed by atoms with Crippen LogP contribution in [0.15, 0.2) is 0 Å². The summed E-state index contributed by atoms with van der Waals surface area (Å²) in [5.74, 6) is 0.0532. The summed E-state index contributed by atoms with van der Waals surface area (Å²) in [6.45, 7) is 3.20. The van der Waals surface area contributed by atoms with Crippen LogP contribution in [-0.2, 0) is 0 Å². The molecule has 2 N–H and O–H groups in total. The number of hydrogen-bond donors (Lipinski definition) is 2. The highest BCUT2D eigenvalue weighted by molar-refractivity contribution is 5.28. The van der Waals surface area contributed by atoms with Crippen molar-refractivity contribution in [1.82, 2.24) is 9.94 Å². The lowest BCUT2D eigenvalue weighted by Gasteiger charge is -1.88. The van der Waals surface area contributed by atoms with Crippen LogP contribution in [0.4, 0.5) is 0 Å². The van der Waals surface area contributed by atoms with Gasteiger partial charge in [0.25, 0.3) is 0 Å². The largest absolute Gasteiger partial charge is 0.504 e. The normalized spacial score (nSPS) is 10.0. The van der Waals surface area contributed by atoms with Gasteiger partial charge in [-0.3, -0.25) is 0 Å². The van der Waals surface area contributed by atoms with Gasteiger partial charge < -0.3 is 10.3 Å². The zero-order valence-corrected chi connectivity index (χ0v) is 5.29. The number of aryl methyl sites for hydroxylation is 1. The van der Waals surface area contributed by atoms with Gasteiger partial charge >= 0.3 is 0 Å². The molecule has 1 aromatic rings. The summed E-state index contributed by atoms with van der Waals surface area (Å²) in [7, 11) is 0. The molecule has 0 aliphatic rings. The van der Waals surface area contributed by atoms with E-state index < -0.39 is 0 Å². The van der Waals surface area contributed by atoms with E-state index in [0.29, 0.717) is 16.2 Å². The molecule has 0 saturated heterocycles. The first-order valence-corrected chi connectivity index (χ1v) is 2.57. The third kappa shape index (κ3) is 0.718. The third-order valence-corrected chi connectivity index (χ3v) is 1.23. The number of hydrogen-bond acceptors (Lipinski definition) is 3. The second-order valence-corrected chi connectivity index (χ2v) is 1.91.